The summed E-state index contributed by atoms with van der Waals surface area (Å²) in [6, 6.07) is 20.8. The highest BCUT2D eigenvalue weighted by atomic mass is 14.0. The normalized spacial score (nSPS) is 10.7. The van der Waals surface area contributed by atoms with Crippen molar-refractivity contribution in [2.75, 3.05) is 0 Å². The third-order valence-electron chi connectivity index (χ3n) is 3.12. The Morgan fingerprint density at radius 2 is 1.45 bits per heavy atom. The van der Waals surface area contributed by atoms with Crippen molar-refractivity contribution in [3.8, 4) is 23.5 Å². The lowest BCUT2D eigenvalue weighted by Gasteiger charge is -1.98. The zero-order chi connectivity index (χ0) is 16.0. The van der Waals surface area contributed by atoms with Gasteiger partial charge in [-0.3, -0.25) is 0 Å². The number of terminal acetylenes is 1. The summed E-state index contributed by atoms with van der Waals surface area (Å²) in [4.78, 5) is 0. The largest absolute Gasteiger partial charge is 0.120 e. The fourth-order valence-corrected chi connectivity index (χ4v) is 1.87. The average Bonchev–Trinajstić information content (AvgIpc) is 2.60. The van der Waals surface area contributed by atoms with Gasteiger partial charge in [-0.1, -0.05) is 84.5 Å². The number of benzene rings is 2. The Labute approximate surface area is 135 Å². The van der Waals surface area contributed by atoms with Gasteiger partial charge < -0.3 is 0 Å². The molecule has 0 heteroatoms. The summed E-state index contributed by atoms with van der Waals surface area (Å²) in [5.41, 5.74) is 3.90. The van der Waals surface area contributed by atoms with Crippen molar-refractivity contribution in [3.05, 3.63) is 84.5 Å². The van der Waals surface area contributed by atoms with Gasteiger partial charge in [-0.05, 0) is 31.4 Å². The summed E-state index contributed by atoms with van der Waals surface area (Å²) >= 11 is 0. The van der Waals surface area contributed by atoms with Gasteiger partial charge in [0.25, 0.3) is 0 Å². The van der Waals surface area contributed by atoms with Crippen molar-refractivity contribution in [1.29, 1.82) is 0 Å². The highest BCUT2D eigenvalue weighted by molar-refractivity contribution is 5.62. The molecule has 0 unspecified atom stereocenters. The zero-order valence-electron chi connectivity index (χ0n) is 13.5. The Hall–Kier alpha value is -2.52. The Morgan fingerprint density at radius 1 is 0.955 bits per heavy atom. The minimum atomic E-state index is 0.847. The molecule has 0 aliphatic heterocycles. The minimum Gasteiger partial charge on any atom is -0.120 e. The van der Waals surface area contributed by atoms with E-state index in [2.05, 4.69) is 67.5 Å². The average molecular weight is 288 g/mol. The molecule has 2 aromatic carbocycles. The summed E-state index contributed by atoms with van der Waals surface area (Å²) < 4.78 is 0. The van der Waals surface area contributed by atoms with E-state index in [-0.39, 0.29) is 0 Å². The molecule has 22 heavy (non-hydrogen) atoms. The lowest BCUT2D eigenvalue weighted by molar-refractivity contribution is 1.00. The van der Waals surface area contributed by atoms with Crippen molar-refractivity contribution in [2.24, 2.45) is 0 Å². The molecule has 0 radical (unpaired) electrons. The molecule has 2 rings (SSSR count). The van der Waals surface area contributed by atoms with Crippen LogP contribution in [0, 0.1) is 12.3 Å². The van der Waals surface area contributed by atoms with Gasteiger partial charge in [-0.15, -0.1) is 12.3 Å². The second-order valence-corrected chi connectivity index (χ2v) is 4.97. The SMILES string of the molecule is C#CCC/C(C)=C/C=C\C.c1ccc(-c2ccccc2)cc1. The Balaban J connectivity index is 0.000000225. The first-order valence-electron chi connectivity index (χ1n) is 7.60. The molecule has 0 atom stereocenters. The molecule has 112 valence electrons. The van der Waals surface area contributed by atoms with E-state index in [4.69, 9.17) is 6.42 Å². The summed E-state index contributed by atoms with van der Waals surface area (Å²) in [6.07, 6.45) is 13.1. The molecule has 0 saturated carbocycles. The summed E-state index contributed by atoms with van der Waals surface area (Å²) in [5, 5.41) is 0. The molecule has 0 nitrogen and oxygen atoms in total. The van der Waals surface area contributed by atoms with Crippen molar-refractivity contribution < 1.29 is 0 Å². The van der Waals surface area contributed by atoms with Gasteiger partial charge in [0, 0.05) is 6.42 Å². The highest BCUT2D eigenvalue weighted by Gasteiger charge is 1.91. The van der Waals surface area contributed by atoms with Gasteiger partial charge in [0.1, 0.15) is 0 Å². The third kappa shape index (κ3) is 7.31. The van der Waals surface area contributed by atoms with Crippen LogP contribution in [0.15, 0.2) is 84.5 Å². The van der Waals surface area contributed by atoms with Gasteiger partial charge in [-0.25, -0.2) is 0 Å². The van der Waals surface area contributed by atoms with Crippen molar-refractivity contribution in [2.45, 2.75) is 26.7 Å². The summed E-state index contributed by atoms with van der Waals surface area (Å²) in [6.45, 7) is 4.10. The number of hydrogen-bond donors (Lipinski definition) is 0. The molecule has 2 aromatic rings. The quantitative estimate of drug-likeness (QED) is 0.459. The van der Waals surface area contributed by atoms with Crippen LogP contribution in [0.4, 0.5) is 0 Å². The lowest BCUT2D eigenvalue weighted by Crippen LogP contribution is -1.73. The Morgan fingerprint density at radius 3 is 1.86 bits per heavy atom. The maximum Gasteiger partial charge on any atom is 0.0123 e. The van der Waals surface area contributed by atoms with Crippen LogP contribution < -0.4 is 0 Å². The van der Waals surface area contributed by atoms with Crippen LogP contribution in [-0.4, -0.2) is 0 Å². The van der Waals surface area contributed by atoms with Crippen LogP contribution in [-0.2, 0) is 0 Å². The van der Waals surface area contributed by atoms with Gasteiger partial charge in [0.2, 0.25) is 0 Å². The van der Waals surface area contributed by atoms with E-state index >= 15 is 0 Å². The third-order valence-corrected chi connectivity index (χ3v) is 3.12. The van der Waals surface area contributed by atoms with E-state index < -0.39 is 0 Å². The fraction of sp³-hybridized carbons (Fsp3) is 0.182. The monoisotopic (exact) mass is 288 g/mol. The maximum absolute atomic E-state index is 5.11. The number of hydrogen-bond acceptors (Lipinski definition) is 0. The van der Waals surface area contributed by atoms with Gasteiger partial charge in [-0.2, -0.15) is 0 Å². The Kier molecular flexibility index (Phi) is 8.90. The molecular weight excluding hydrogens is 264 g/mol. The fourth-order valence-electron chi connectivity index (χ4n) is 1.87. The predicted octanol–water partition coefficient (Wildman–Crippen LogP) is 6.28. The van der Waals surface area contributed by atoms with E-state index in [0.717, 1.165) is 12.8 Å². The predicted molar refractivity (Wildman–Crippen MR) is 98.5 cm³/mol. The molecule has 0 saturated heterocycles. The first-order valence-corrected chi connectivity index (χ1v) is 7.60. The maximum atomic E-state index is 5.11. The van der Waals surface area contributed by atoms with Crippen molar-refractivity contribution in [3.63, 3.8) is 0 Å². The van der Waals surface area contributed by atoms with Crippen LogP contribution in [0.2, 0.25) is 0 Å². The molecule has 0 spiro atoms. The van der Waals surface area contributed by atoms with Crippen LogP contribution >= 0.6 is 0 Å². The molecular formula is C22H24. The Bertz CT molecular complexity index is 573. The topological polar surface area (TPSA) is 0 Å². The molecule has 0 aliphatic carbocycles. The molecule has 0 bridgehead atoms. The highest BCUT2D eigenvalue weighted by Crippen LogP contribution is 2.17. The van der Waals surface area contributed by atoms with E-state index in [1.807, 2.05) is 31.2 Å². The van der Waals surface area contributed by atoms with Gasteiger partial charge in [0.05, 0.1) is 0 Å². The zero-order valence-corrected chi connectivity index (χ0v) is 13.5. The van der Waals surface area contributed by atoms with Gasteiger partial charge >= 0.3 is 0 Å². The van der Waals surface area contributed by atoms with E-state index in [1.165, 1.54) is 16.7 Å². The summed E-state index contributed by atoms with van der Waals surface area (Å²) in [7, 11) is 0. The van der Waals surface area contributed by atoms with Crippen LogP contribution in [0.25, 0.3) is 11.1 Å². The van der Waals surface area contributed by atoms with Crippen molar-refractivity contribution >= 4 is 0 Å². The summed E-state index contributed by atoms with van der Waals surface area (Å²) in [5.74, 6) is 2.61. The van der Waals surface area contributed by atoms with Crippen LogP contribution in [0.1, 0.15) is 26.7 Å². The first-order chi connectivity index (χ1) is 10.8. The van der Waals surface area contributed by atoms with E-state index in [1.54, 1.807) is 0 Å². The standard InChI is InChI=1S/C12H10.C10H14/c1-3-7-11(8-4-1)12-9-5-2-6-10-12;1-4-6-8-10(3)9-7-5-2/h1-10H;1,5,7,9H,6,8H2,2-3H3/b;7-5-,10-9+. The van der Waals surface area contributed by atoms with Crippen LogP contribution in [0.3, 0.4) is 0 Å². The molecule has 0 N–H and O–H groups in total. The number of rotatable bonds is 4. The van der Waals surface area contributed by atoms with Gasteiger partial charge in [0.15, 0.2) is 0 Å². The lowest BCUT2D eigenvalue weighted by atomic mass is 10.1. The molecule has 0 aromatic heterocycles. The first kappa shape index (κ1) is 17.5. The second kappa shape index (κ2) is 11.2. The molecule has 0 aliphatic rings. The minimum absolute atomic E-state index is 0.847. The van der Waals surface area contributed by atoms with E-state index in [9.17, 15) is 0 Å². The molecule has 0 fully saturated rings. The molecule has 0 amide bonds. The van der Waals surface area contributed by atoms with E-state index in [0.29, 0.717) is 0 Å². The molecule has 0 heterocycles. The smallest absolute Gasteiger partial charge is 0.0123 e. The van der Waals surface area contributed by atoms with Crippen molar-refractivity contribution in [1.82, 2.24) is 0 Å². The second-order valence-electron chi connectivity index (χ2n) is 4.97. The van der Waals surface area contributed by atoms with Crippen LogP contribution in [0.5, 0.6) is 0 Å². The number of allylic oxidation sites excluding steroid dienone is 4.